The molecule has 0 saturated heterocycles. The van der Waals surface area contributed by atoms with E-state index in [9.17, 15) is 8.42 Å². The Hall–Kier alpha value is 0.590. The SMILES string of the molecule is CC(C)(C)CNS(=O)(=O)c1cc(I)ccc1I. The van der Waals surface area contributed by atoms with Crippen molar-refractivity contribution in [3.05, 3.63) is 25.3 Å². The number of nitrogens with one attached hydrogen (secondary N) is 1. The van der Waals surface area contributed by atoms with Gasteiger partial charge in [0.25, 0.3) is 0 Å². The van der Waals surface area contributed by atoms with E-state index >= 15 is 0 Å². The number of halogens is 2. The van der Waals surface area contributed by atoms with E-state index in [1.54, 1.807) is 6.07 Å². The normalized spacial score (nSPS) is 12.8. The van der Waals surface area contributed by atoms with Crippen molar-refractivity contribution >= 4 is 55.2 Å². The summed E-state index contributed by atoms with van der Waals surface area (Å²) in [6, 6.07) is 5.40. The van der Waals surface area contributed by atoms with Crippen molar-refractivity contribution in [1.82, 2.24) is 4.72 Å². The average molecular weight is 479 g/mol. The Morgan fingerprint density at radius 1 is 1.24 bits per heavy atom. The molecule has 0 heterocycles. The lowest BCUT2D eigenvalue weighted by Crippen LogP contribution is -2.32. The minimum atomic E-state index is -3.41. The van der Waals surface area contributed by atoms with Crippen LogP contribution in [0.15, 0.2) is 23.1 Å². The van der Waals surface area contributed by atoms with Gasteiger partial charge in [-0.1, -0.05) is 20.8 Å². The highest BCUT2D eigenvalue weighted by atomic mass is 127. The van der Waals surface area contributed by atoms with Gasteiger partial charge in [-0.15, -0.1) is 0 Å². The highest BCUT2D eigenvalue weighted by Crippen LogP contribution is 2.21. The molecule has 3 nitrogen and oxygen atoms in total. The van der Waals surface area contributed by atoms with Gasteiger partial charge in [0.2, 0.25) is 10.0 Å². The Balaban J connectivity index is 3.02. The molecule has 1 aromatic carbocycles. The monoisotopic (exact) mass is 479 g/mol. The summed E-state index contributed by atoms with van der Waals surface area (Å²) in [6.45, 7) is 6.41. The number of benzene rings is 1. The van der Waals surface area contributed by atoms with Crippen LogP contribution < -0.4 is 4.72 Å². The molecule has 17 heavy (non-hydrogen) atoms. The van der Waals surface area contributed by atoms with Crippen LogP contribution in [0.25, 0.3) is 0 Å². The third-order valence-electron chi connectivity index (χ3n) is 1.98. The largest absolute Gasteiger partial charge is 0.241 e. The van der Waals surface area contributed by atoms with Crippen LogP contribution in [0, 0.1) is 12.6 Å². The predicted octanol–water partition coefficient (Wildman–Crippen LogP) is 3.22. The minimum absolute atomic E-state index is 0.0690. The quantitative estimate of drug-likeness (QED) is 0.678. The standard InChI is InChI=1S/C11H15I2NO2S/c1-11(2,3)7-14-17(15,16)10-6-8(12)4-5-9(10)13/h4-6,14H,7H2,1-3H3. The van der Waals surface area contributed by atoms with Crippen LogP contribution in [0.1, 0.15) is 20.8 Å². The van der Waals surface area contributed by atoms with Crippen molar-refractivity contribution in [1.29, 1.82) is 0 Å². The van der Waals surface area contributed by atoms with Crippen LogP contribution in [0.4, 0.5) is 0 Å². The van der Waals surface area contributed by atoms with Gasteiger partial charge in [-0.3, -0.25) is 0 Å². The van der Waals surface area contributed by atoms with E-state index in [0.717, 1.165) is 7.14 Å². The maximum absolute atomic E-state index is 12.1. The van der Waals surface area contributed by atoms with Crippen LogP contribution in [-0.4, -0.2) is 15.0 Å². The average Bonchev–Trinajstić information content (AvgIpc) is 2.18. The van der Waals surface area contributed by atoms with Gasteiger partial charge in [0.05, 0.1) is 4.90 Å². The fraction of sp³-hybridized carbons (Fsp3) is 0.455. The Bertz CT molecular complexity index is 507. The second-order valence-corrected chi connectivity index (χ2v) is 9.10. The Labute approximate surface area is 130 Å². The highest BCUT2D eigenvalue weighted by molar-refractivity contribution is 14.1. The molecule has 0 radical (unpaired) electrons. The van der Waals surface area contributed by atoms with Gasteiger partial charge < -0.3 is 0 Å². The van der Waals surface area contributed by atoms with Crippen LogP contribution in [0.3, 0.4) is 0 Å². The molecule has 0 fully saturated rings. The van der Waals surface area contributed by atoms with E-state index in [1.807, 2.05) is 55.5 Å². The number of sulfonamides is 1. The molecular formula is C11H15I2NO2S. The number of rotatable bonds is 3. The first kappa shape index (κ1) is 15.6. The van der Waals surface area contributed by atoms with Gasteiger partial charge in [0.1, 0.15) is 0 Å². The summed E-state index contributed by atoms with van der Waals surface area (Å²) in [6.07, 6.45) is 0. The van der Waals surface area contributed by atoms with Crippen LogP contribution in [-0.2, 0) is 10.0 Å². The second kappa shape index (κ2) is 5.70. The number of hydrogen-bond acceptors (Lipinski definition) is 2. The summed E-state index contributed by atoms with van der Waals surface area (Å²) in [7, 11) is -3.41. The predicted molar refractivity (Wildman–Crippen MR) is 86.5 cm³/mol. The molecule has 1 aromatic rings. The zero-order valence-electron chi connectivity index (χ0n) is 9.92. The highest BCUT2D eigenvalue weighted by Gasteiger charge is 2.20. The van der Waals surface area contributed by atoms with Crippen molar-refractivity contribution in [3.63, 3.8) is 0 Å². The van der Waals surface area contributed by atoms with Gasteiger partial charge in [-0.25, -0.2) is 13.1 Å². The lowest BCUT2D eigenvalue weighted by molar-refractivity contribution is 0.407. The Morgan fingerprint density at radius 2 is 1.82 bits per heavy atom. The lowest BCUT2D eigenvalue weighted by Gasteiger charge is -2.19. The van der Waals surface area contributed by atoms with Crippen LogP contribution >= 0.6 is 45.2 Å². The molecular weight excluding hydrogens is 464 g/mol. The van der Waals surface area contributed by atoms with E-state index in [2.05, 4.69) is 27.3 Å². The van der Waals surface area contributed by atoms with Crippen molar-refractivity contribution in [2.45, 2.75) is 25.7 Å². The maximum atomic E-state index is 12.1. The lowest BCUT2D eigenvalue weighted by atomic mass is 9.98. The molecule has 0 aliphatic carbocycles. The number of hydrogen-bond donors (Lipinski definition) is 1. The van der Waals surface area contributed by atoms with E-state index < -0.39 is 10.0 Å². The summed E-state index contributed by atoms with van der Waals surface area (Å²) >= 11 is 4.15. The molecule has 1 N–H and O–H groups in total. The first-order valence-corrected chi connectivity index (χ1v) is 8.71. The second-order valence-electron chi connectivity index (χ2n) is 4.96. The topological polar surface area (TPSA) is 46.2 Å². The zero-order chi connectivity index (χ0) is 13.3. The Kier molecular flexibility index (Phi) is 5.25. The molecule has 0 saturated carbocycles. The van der Waals surface area contributed by atoms with Crippen molar-refractivity contribution in [3.8, 4) is 0 Å². The van der Waals surface area contributed by atoms with Gasteiger partial charge in [0, 0.05) is 13.7 Å². The van der Waals surface area contributed by atoms with E-state index in [4.69, 9.17) is 0 Å². The molecule has 0 unspecified atom stereocenters. The molecule has 0 spiro atoms. The van der Waals surface area contributed by atoms with Gasteiger partial charge in [-0.2, -0.15) is 0 Å². The first-order chi connectivity index (χ1) is 7.62. The summed E-state index contributed by atoms with van der Waals surface area (Å²) in [5.74, 6) is 0. The van der Waals surface area contributed by atoms with Crippen molar-refractivity contribution < 1.29 is 8.42 Å². The fourth-order valence-corrected chi connectivity index (χ4v) is 4.37. The molecule has 1 rings (SSSR count). The molecule has 0 atom stereocenters. The molecule has 6 heteroatoms. The molecule has 0 aliphatic heterocycles. The molecule has 96 valence electrons. The first-order valence-electron chi connectivity index (χ1n) is 5.06. The van der Waals surface area contributed by atoms with Gasteiger partial charge in [0.15, 0.2) is 0 Å². The third kappa shape index (κ3) is 4.99. The molecule has 0 amide bonds. The van der Waals surface area contributed by atoms with Gasteiger partial charge >= 0.3 is 0 Å². The maximum Gasteiger partial charge on any atom is 0.241 e. The molecule has 0 bridgehead atoms. The van der Waals surface area contributed by atoms with Crippen molar-refractivity contribution in [2.24, 2.45) is 5.41 Å². The molecule has 0 aliphatic rings. The van der Waals surface area contributed by atoms with Crippen LogP contribution in [0.2, 0.25) is 0 Å². The molecule has 0 aromatic heterocycles. The van der Waals surface area contributed by atoms with Crippen LogP contribution in [0.5, 0.6) is 0 Å². The summed E-state index contributed by atoms with van der Waals surface area (Å²) < 4.78 is 28.6. The Morgan fingerprint density at radius 3 is 2.35 bits per heavy atom. The summed E-state index contributed by atoms with van der Waals surface area (Å²) in [4.78, 5) is 0.356. The minimum Gasteiger partial charge on any atom is -0.211 e. The summed E-state index contributed by atoms with van der Waals surface area (Å²) in [5.41, 5.74) is -0.0690. The van der Waals surface area contributed by atoms with E-state index in [-0.39, 0.29) is 5.41 Å². The zero-order valence-corrected chi connectivity index (χ0v) is 15.1. The van der Waals surface area contributed by atoms with E-state index in [0.29, 0.717) is 11.4 Å². The third-order valence-corrected chi connectivity index (χ3v) is 5.39. The summed E-state index contributed by atoms with van der Waals surface area (Å²) in [5, 5.41) is 0. The van der Waals surface area contributed by atoms with E-state index in [1.165, 1.54) is 0 Å². The fourth-order valence-electron chi connectivity index (χ4n) is 1.07. The van der Waals surface area contributed by atoms with Crippen molar-refractivity contribution in [2.75, 3.05) is 6.54 Å². The smallest absolute Gasteiger partial charge is 0.211 e. The van der Waals surface area contributed by atoms with Gasteiger partial charge in [-0.05, 0) is 68.8 Å².